The zero-order valence-electron chi connectivity index (χ0n) is 12.1. The Balaban J connectivity index is 1.68. The molecule has 2 nitrogen and oxygen atoms in total. The van der Waals surface area contributed by atoms with E-state index in [1.165, 1.54) is 44.6 Å². The van der Waals surface area contributed by atoms with Crippen molar-refractivity contribution in [3.8, 4) is 0 Å². The molecule has 0 bridgehead atoms. The minimum absolute atomic E-state index is 0.169. The van der Waals surface area contributed by atoms with Crippen molar-refractivity contribution < 1.29 is 4.39 Å². The average Bonchev–Trinajstić information content (AvgIpc) is 2.48. The first kappa shape index (κ1) is 14.0. The molecule has 1 saturated heterocycles. The molecule has 110 valence electrons. The van der Waals surface area contributed by atoms with E-state index in [9.17, 15) is 4.39 Å². The van der Waals surface area contributed by atoms with E-state index in [1.54, 1.807) is 6.07 Å². The van der Waals surface area contributed by atoms with E-state index in [2.05, 4.69) is 4.90 Å². The maximum atomic E-state index is 13.8. The second-order valence-electron chi connectivity index (χ2n) is 6.38. The van der Waals surface area contributed by atoms with Crippen molar-refractivity contribution in [3.05, 3.63) is 35.6 Å². The van der Waals surface area contributed by atoms with Gasteiger partial charge in [0, 0.05) is 24.2 Å². The molecule has 1 saturated carbocycles. The van der Waals surface area contributed by atoms with E-state index in [0.717, 1.165) is 19.0 Å². The fourth-order valence-electron chi connectivity index (χ4n) is 4.08. The molecule has 1 aliphatic carbocycles. The Bertz CT molecular complexity index is 446. The number of rotatable bonds is 3. The van der Waals surface area contributed by atoms with Crippen LogP contribution in [0.5, 0.6) is 0 Å². The Kier molecular flexibility index (Phi) is 4.37. The topological polar surface area (TPSA) is 29.3 Å². The molecule has 2 fully saturated rings. The second kappa shape index (κ2) is 6.23. The number of benzene rings is 1. The maximum absolute atomic E-state index is 13.8. The van der Waals surface area contributed by atoms with E-state index in [4.69, 9.17) is 5.73 Å². The molecule has 0 spiro atoms. The van der Waals surface area contributed by atoms with Gasteiger partial charge in [-0.15, -0.1) is 0 Å². The summed E-state index contributed by atoms with van der Waals surface area (Å²) in [5.41, 5.74) is 6.92. The molecular formula is C17H25FN2. The lowest BCUT2D eigenvalue weighted by molar-refractivity contribution is 0.0559. The van der Waals surface area contributed by atoms with Gasteiger partial charge in [0.2, 0.25) is 0 Å². The summed E-state index contributed by atoms with van der Waals surface area (Å²) in [5.74, 6) is 0.683. The molecule has 1 heterocycles. The highest BCUT2D eigenvalue weighted by atomic mass is 19.1. The quantitative estimate of drug-likeness (QED) is 0.916. The third kappa shape index (κ3) is 2.89. The molecule has 3 unspecified atom stereocenters. The third-order valence-corrected chi connectivity index (χ3v) is 5.09. The highest BCUT2D eigenvalue weighted by Crippen LogP contribution is 2.35. The largest absolute Gasteiger partial charge is 0.323 e. The van der Waals surface area contributed by atoms with Crippen LogP contribution in [0.3, 0.4) is 0 Å². The summed E-state index contributed by atoms with van der Waals surface area (Å²) >= 11 is 0. The summed E-state index contributed by atoms with van der Waals surface area (Å²) < 4.78 is 13.8. The van der Waals surface area contributed by atoms with E-state index in [1.807, 2.05) is 12.1 Å². The fourth-order valence-corrected chi connectivity index (χ4v) is 4.08. The van der Waals surface area contributed by atoms with E-state index < -0.39 is 0 Å². The highest BCUT2D eigenvalue weighted by Gasteiger charge is 2.33. The molecule has 1 aliphatic heterocycles. The third-order valence-electron chi connectivity index (χ3n) is 5.09. The molecular weight excluding hydrogens is 251 g/mol. The number of fused-ring (bicyclic) bond motifs is 1. The van der Waals surface area contributed by atoms with Gasteiger partial charge in [0.05, 0.1) is 0 Å². The van der Waals surface area contributed by atoms with Crippen LogP contribution in [0.15, 0.2) is 24.3 Å². The highest BCUT2D eigenvalue weighted by molar-refractivity contribution is 5.21. The minimum Gasteiger partial charge on any atom is -0.323 e. The van der Waals surface area contributed by atoms with E-state index >= 15 is 0 Å². The Labute approximate surface area is 121 Å². The van der Waals surface area contributed by atoms with Gasteiger partial charge in [-0.3, -0.25) is 4.90 Å². The zero-order chi connectivity index (χ0) is 13.9. The summed E-state index contributed by atoms with van der Waals surface area (Å²) in [5, 5.41) is 0. The monoisotopic (exact) mass is 276 g/mol. The number of hydrogen-bond donors (Lipinski definition) is 1. The van der Waals surface area contributed by atoms with E-state index in [-0.39, 0.29) is 11.9 Å². The predicted octanol–water partition coefficient (Wildman–Crippen LogP) is 3.48. The van der Waals surface area contributed by atoms with Gasteiger partial charge in [-0.05, 0) is 44.2 Å². The Morgan fingerprint density at radius 1 is 1.15 bits per heavy atom. The van der Waals surface area contributed by atoms with Crippen molar-refractivity contribution >= 4 is 0 Å². The van der Waals surface area contributed by atoms with Gasteiger partial charge in [-0.1, -0.05) is 31.0 Å². The molecule has 1 aromatic carbocycles. The molecule has 3 rings (SSSR count). The van der Waals surface area contributed by atoms with Crippen molar-refractivity contribution in [2.45, 2.75) is 50.6 Å². The lowest BCUT2D eigenvalue weighted by Gasteiger charge is -2.45. The molecule has 2 aliphatic rings. The van der Waals surface area contributed by atoms with Crippen LogP contribution < -0.4 is 5.73 Å². The van der Waals surface area contributed by atoms with Gasteiger partial charge in [-0.25, -0.2) is 4.39 Å². The van der Waals surface area contributed by atoms with Crippen molar-refractivity contribution in [3.63, 3.8) is 0 Å². The number of hydrogen-bond acceptors (Lipinski definition) is 2. The first-order valence-electron chi connectivity index (χ1n) is 8.00. The fraction of sp³-hybridized carbons (Fsp3) is 0.647. The van der Waals surface area contributed by atoms with Crippen LogP contribution in [-0.2, 0) is 0 Å². The number of piperidine rings is 1. The van der Waals surface area contributed by atoms with Crippen molar-refractivity contribution in [1.29, 1.82) is 0 Å². The Morgan fingerprint density at radius 2 is 1.90 bits per heavy atom. The van der Waals surface area contributed by atoms with Crippen molar-refractivity contribution in [2.24, 2.45) is 11.7 Å². The van der Waals surface area contributed by atoms with Crippen molar-refractivity contribution in [1.82, 2.24) is 4.90 Å². The lowest BCUT2D eigenvalue weighted by Crippen LogP contribution is -2.49. The summed E-state index contributed by atoms with van der Waals surface area (Å²) in [6.07, 6.45) is 8.03. The lowest BCUT2D eigenvalue weighted by atomic mass is 9.78. The summed E-state index contributed by atoms with van der Waals surface area (Å²) in [4.78, 5) is 2.53. The summed E-state index contributed by atoms with van der Waals surface area (Å²) in [7, 11) is 0. The first-order chi connectivity index (χ1) is 9.75. The molecule has 0 radical (unpaired) electrons. The van der Waals surface area contributed by atoms with Crippen LogP contribution >= 0.6 is 0 Å². The molecule has 2 N–H and O–H groups in total. The van der Waals surface area contributed by atoms with Gasteiger partial charge >= 0.3 is 0 Å². The molecule has 3 atom stereocenters. The molecule has 20 heavy (non-hydrogen) atoms. The number of nitrogens with zero attached hydrogens (tertiary/aromatic N) is 1. The standard InChI is InChI=1S/C17H25FN2/c18-15-9-3-2-8-14(15)16(19)12-20-11-5-7-13-6-1-4-10-17(13)20/h2-3,8-9,13,16-17H,1,4-7,10-12,19H2. The second-order valence-corrected chi connectivity index (χ2v) is 6.38. The van der Waals surface area contributed by atoms with Crippen LogP contribution in [0.1, 0.15) is 50.1 Å². The molecule has 3 heteroatoms. The van der Waals surface area contributed by atoms with Gasteiger partial charge in [-0.2, -0.15) is 0 Å². The normalized spacial score (nSPS) is 28.9. The predicted molar refractivity (Wildman–Crippen MR) is 79.9 cm³/mol. The SMILES string of the molecule is NC(CN1CCCC2CCCCC21)c1ccccc1F. The van der Waals surface area contributed by atoms with Crippen molar-refractivity contribution in [2.75, 3.05) is 13.1 Å². The van der Waals surface area contributed by atoms with Gasteiger partial charge in [0.15, 0.2) is 0 Å². The smallest absolute Gasteiger partial charge is 0.128 e. The molecule has 0 amide bonds. The van der Waals surface area contributed by atoms with Crippen LogP contribution in [0.25, 0.3) is 0 Å². The summed E-state index contributed by atoms with van der Waals surface area (Å²) in [6.45, 7) is 1.92. The number of halogens is 1. The van der Waals surface area contributed by atoms with Crippen LogP contribution in [0, 0.1) is 11.7 Å². The number of nitrogens with two attached hydrogens (primary N) is 1. The average molecular weight is 276 g/mol. The van der Waals surface area contributed by atoms with Gasteiger partial charge in [0.25, 0.3) is 0 Å². The number of likely N-dealkylation sites (tertiary alicyclic amines) is 1. The van der Waals surface area contributed by atoms with Gasteiger partial charge < -0.3 is 5.73 Å². The summed E-state index contributed by atoms with van der Waals surface area (Å²) in [6, 6.07) is 7.41. The van der Waals surface area contributed by atoms with Gasteiger partial charge in [0.1, 0.15) is 5.82 Å². The Morgan fingerprint density at radius 3 is 2.75 bits per heavy atom. The maximum Gasteiger partial charge on any atom is 0.128 e. The Hall–Kier alpha value is -0.930. The van der Waals surface area contributed by atoms with E-state index in [0.29, 0.717) is 11.6 Å². The molecule has 1 aromatic rings. The first-order valence-corrected chi connectivity index (χ1v) is 8.00. The van der Waals surface area contributed by atoms with Crippen LogP contribution in [0.4, 0.5) is 4.39 Å². The molecule has 0 aromatic heterocycles. The minimum atomic E-state index is -0.211. The zero-order valence-corrected chi connectivity index (χ0v) is 12.1. The van der Waals surface area contributed by atoms with Crippen LogP contribution in [0.2, 0.25) is 0 Å². The van der Waals surface area contributed by atoms with Crippen LogP contribution in [-0.4, -0.2) is 24.0 Å².